The van der Waals surface area contributed by atoms with E-state index in [1.165, 1.54) is 7.11 Å². The predicted molar refractivity (Wildman–Crippen MR) is 37.4 cm³/mol. The Bertz CT molecular complexity index is 173. The Balaban J connectivity index is 2.12. The van der Waals surface area contributed by atoms with E-state index in [1.807, 2.05) is 0 Å². The van der Waals surface area contributed by atoms with Gasteiger partial charge in [-0.3, -0.25) is 0 Å². The molecule has 0 aromatic carbocycles. The highest BCUT2D eigenvalue weighted by atomic mass is 16.7. The normalized spacial score (nSPS) is 52.8. The van der Waals surface area contributed by atoms with Crippen LogP contribution in [0.25, 0.3) is 0 Å². The maximum Gasteiger partial charge on any atom is 0.186 e. The molecule has 70 valence electrons. The van der Waals surface area contributed by atoms with Gasteiger partial charge in [-0.05, 0) is 0 Å². The van der Waals surface area contributed by atoms with Gasteiger partial charge < -0.3 is 24.4 Å². The fraction of sp³-hybridized carbons (Fsp3) is 1.00. The molecule has 2 N–H and O–H groups in total. The molecule has 2 rings (SSSR count). The first-order valence-corrected chi connectivity index (χ1v) is 3.90. The van der Waals surface area contributed by atoms with Crippen molar-refractivity contribution in [3.63, 3.8) is 0 Å². The molecule has 5 heteroatoms. The van der Waals surface area contributed by atoms with Gasteiger partial charge in [0.25, 0.3) is 0 Å². The predicted octanol–water partition coefficient (Wildman–Crippen LogP) is -1.52. The quantitative estimate of drug-likeness (QED) is 0.507. The van der Waals surface area contributed by atoms with Gasteiger partial charge in [-0.2, -0.15) is 0 Å². The van der Waals surface area contributed by atoms with Crippen molar-refractivity contribution in [2.45, 2.75) is 30.7 Å². The maximum absolute atomic E-state index is 9.49. The van der Waals surface area contributed by atoms with Crippen molar-refractivity contribution >= 4 is 0 Å². The zero-order chi connectivity index (χ0) is 8.72. The Hall–Kier alpha value is -0.200. The number of aliphatic hydroxyl groups is 2. The minimum absolute atomic E-state index is 0.322. The fourth-order valence-corrected chi connectivity index (χ4v) is 1.64. The number of aliphatic hydroxyl groups excluding tert-OH is 2. The molecule has 5 nitrogen and oxygen atoms in total. The number of ether oxygens (including phenoxy) is 3. The van der Waals surface area contributed by atoms with E-state index in [0.29, 0.717) is 6.61 Å². The molecule has 0 unspecified atom stereocenters. The van der Waals surface area contributed by atoms with Crippen LogP contribution in [0.1, 0.15) is 0 Å². The first-order valence-electron chi connectivity index (χ1n) is 3.90. The van der Waals surface area contributed by atoms with E-state index < -0.39 is 24.6 Å². The van der Waals surface area contributed by atoms with Crippen LogP contribution in [-0.2, 0) is 14.2 Å². The summed E-state index contributed by atoms with van der Waals surface area (Å²) in [4.78, 5) is 0. The Morgan fingerprint density at radius 2 is 2.08 bits per heavy atom. The van der Waals surface area contributed by atoms with Crippen LogP contribution in [0.5, 0.6) is 0 Å². The van der Waals surface area contributed by atoms with Crippen LogP contribution in [0.2, 0.25) is 0 Å². The number of hydrogen-bond donors (Lipinski definition) is 2. The van der Waals surface area contributed by atoms with Crippen molar-refractivity contribution in [3.05, 3.63) is 0 Å². The highest BCUT2D eigenvalue weighted by Gasteiger charge is 2.50. The number of rotatable bonds is 1. The van der Waals surface area contributed by atoms with Crippen molar-refractivity contribution in [2.75, 3.05) is 13.7 Å². The standard InChI is InChI=1S/C7H12O5/c1-10-7-5(9)6-4(8)3(12-7)2-11-6/h3-9H,2H2,1H3/t3-,4+,5-,6+,7+/m1/s1. The molecule has 2 fully saturated rings. The van der Waals surface area contributed by atoms with Crippen LogP contribution in [0.3, 0.4) is 0 Å². The largest absolute Gasteiger partial charge is 0.387 e. The second-order valence-corrected chi connectivity index (χ2v) is 3.06. The molecule has 2 aliphatic heterocycles. The third kappa shape index (κ3) is 1.06. The molecule has 0 amide bonds. The van der Waals surface area contributed by atoms with Crippen LogP contribution in [0, 0.1) is 0 Å². The van der Waals surface area contributed by atoms with E-state index in [0.717, 1.165) is 0 Å². The van der Waals surface area contributed by atoms with E-state index in [1.54, 1.807) is 0 Å². The molecule has 0 spiro atoms. The van der Waals surface area contributed by atoms with Crippen molar-refractivity contribution in [2.24, 2.45) is 0 Å². The van der Waals surface area contributed by atoms with Crippen molar-refractivity contribution in [3.8, 4) is 0 Å². The average Bonchev–Trinajstić information content (AvgIpc) is 2.31. The lowest BCUT2D eigenvalue weighted by Crippen LogP contribution is -2.53. The van der Waals surface area contributed by atoms with E-state index in [9.17, 15) is 10.2 Å². The zero-order valence-corrected chi connectivity index (χ0v) is 6.71. The molecular formula is C7H12O5. The molecular weight excluding hydrogens is 164 g/mol. The summed E-state index contributed by atoms with van der Waals surface area (Å²) in [5, 5.41) is 18.9. The summed E-state index contributed by atoms with van der Waals surface area (Å²) >= 11 is 0. The average molecular weight is 176 g/mol. The molecule has 5 atom stereocenters. The van der Waals surface area contributed by atoms with E-state index >= 15 is 0 Å². The number of methoxy groups -OCH3 is 1. The van der Waals surface area contributed by atoms with E-state index in [4.69, 9.17) is 14.2 Å². The van der Waals surface area contributed by atoms with Crippen LogP contribution in [0.4, 0.5) is 0 Å². The summed E-state index contributed by atoms with van der Waals surface area (Å²) < 4.78 is 15.2. The summed E-state index contributed by atoms with van der Waals surface area (Å²) in [6.45, 7) is 0.322. The van der Waals surface area contributed by atoms with E-state index in [-0.39, 0.29) is 6.10 Å². The van der Waals surface area contributed by atoms with Crippen LogP contribution in [-0.4, -0.2) is 54.6 Å². The Kier molecular flexibility index (Phi) is 2.05. The second-order valence-electron chi connectivity index (χ2n) is 3.06. The smallest absolute Gasteiger partial charge is 0.186 e. The monoisotopic (exact) mass is 176 g/mol. The molecule has 2 aliphatic rings. The van der Waals surface area contributed by atoms with Gasteiger partial charge in [0.2, 0.25) is 0 Å². The highest BCUT2D eigenvalue weighted by molar-refractivity contribution is 4.94. The van der Waals surface area contributed by atoms with Gasteiger partial charge in [-0.1, -0.05) is 0 Å². The van der Waals surface area contributed by atoms with Crippen molar-refractivity contribution in [1.29, 1.82) is 0 Å². The Morgan fingerprint density at radius 3 is 2.75 bits per heavy atom. The van der Waals surface area contributed by atoms with Crippen LogP contribution >= 0.6 is 0 Å². The first-order chi connectivity index (χ1) is 5.74. The van der Waals surface area contributed by atoms with Gasteiger partial charge in [0.05, 0.1) is 6.61 Å². The zero-order valence-electron chi connectivity index (χ0n) is 6.71. The molecule has 0 radical (unpaired) electrons. The van der Waals surface area contributed by atoms with Gasteiger partial charge in [-0.25, -0.2) is 0 Å². The summed E-state index contributed by atoms with van der Waals surface area (Å²) in [6, 6.07) is 0. The Morgan fingerprint density at radius 1 is 1.33 bits per heavy atom. The summed E-state index contributed by atoms with van der Waals surface area (Å²) in [6.07, 6.45) is -3.22. The second kappa shape index (κ2) is 2.93. The van der Waals surface area contributed by atoms with Gasteiger partial charge in [-0.15, -0.1) is 0 Å². The fourth-order valence-electron chi connectivity index (χ4n) is 1.64. The topological polar surface area (TPSA) is 68.2 Å². The molecule has 2 saturated heterocycles. The van der Waals surface area contributed by atoms with E-state index in [2.05, 4.69) is 0 Å². The van der Waals surface area contributed by atoms with Crippen molar-refractivity contribution < 1.29 is 24.4 Å². The van der Waals surface area contributed by atoms with Gasteiger partial charge >= 0.3 is 0 Å². The summed E-state index contributed by atoms with van der Waals surface area (Å²) in [5.74, 6) is 0. The third-order valence-corrected chi connectivity index (χ3v) is 2.33. The Labute approximate surface area is 69.8 Å². The maximum atomic E-state index is 9.49. The highest BCUT2D eigenvalue weighted by Crippen LogP contribution is 2.29. The van der Waals surface area contributed by atoms with Gasteiger partial charge in [0, 0.05) is 7.11 Å². The minimum atomic E-state index is -0.899. The van der Waals surface area contributed by atoms with Crippen LogP contribution in [0.15, 0.2) is 0 Å². The lowest BCUT2D eigenvalue weighted by Gasteiger charge is -2.33. The van der Waals surface area contributed by atoms with Gasteiger partial charge in [0.15, 0.2) is 6.29 Å². The van der Waals surface area contributed by atoms with Crippen LogP contribution < -0.4 is 0 Å². The molecule has 0 aromatic heterocycles. The summed E-state index contributed by atoms with van der Waals surface area (Å²) in [7, 11) is 1.45. The molecule has 2 heterocycles. The minimum Gasteiger partial charge on any atom is -0.387 e. The van der Waals surface area contributed by atoms with Gasteiger partial charge in [0.1, 0.15) is 24.4 Å². The SMILES string of the molecule is CO[C@H]1O[C@@H]2CO[C@@H]([C@H]2O)[C@H]1O. The molecule has 0 aliphatic carbocycles. The molecule has 12 heavy (non-hydrogen) atoms. The lowest BCUT2D eigenvalue weighted by atomic mass is 10.0. The molecule has 2 bridgehead atoms. The lowest BCUT2D eigenvalue weighted by molar-refractivity contribution is -0.253. The van der Waals surface area contributed by atoms with Crippen molar-refractivity contribution in [1.82, 2.24) is 0 Å². The molecule has 0 aromatic rings. The first kappa shape index (κ1) is 8.40. The summed E-state index contributed by atoms with van der Waals surface area (Å²) in [5.41, 5.74) is 0. The number of fused-ring (bicyclic) bond motifs is 2. The third-order valence-electron chi connectivity index (χ3n) is 2.33. The molecule has 0 saturated carbocycles. The number of hydrogen-bond acceptors (Lipinski definition) is 5.